The third-order valence-corrected chi connectivity index (χ3v) is 2.92. The van der Waals surface area contributed by atoms with Crippen molar-refractivity contribution in [2.75, 3.05) is 11.9 Å². The normalized spacial score (nSPS) is 9.83. The number of rotatable bonds is 3. The summed E-state index contributed by atoms with van der Waals surface area (Å²) in [4.78, 5) is 2.00. The first kappa shape index (κ1) is 12.2. The molecule has 0 unspecified atom stereocenters. The largest absolute Gasteiger partial charge is 0.344 e. The molecule has 0 atom stereocenters. The Hall–Kier alpha value is -2.31. The Morgan fingerprint density at radius 1 is 1.17 bits per heavy atom. The molecule has 0 fully saturated rings. The molecule has 0 saturated carbocycles. The topological polar surface area (TPSA) is 53.0 Å². The van der Waals surface area contributed by atoms with E-state index in [1.807, 2.05) is 60.5 Å². The van der Waals surface area contributed by atoms with E-state index in [1.54, 1.807) is 0 Å². The van der Waals surface area contributed by atoms with Gasteiger partial charge in [0.15, 0.2) is 0 Å². The Labute approximate surface area is 107 Å². The van der Waals surface area contributed by atoms with Crippen LogP contribution in [0.5, 0.6) is 0 Å². The Balaban J connectivity index is 2.41. The van der Waals surface area contributed by atoms with Crippen molar-refractivity contribution in [3.63, 3.8) is 0 Å². The van der Waals surface area contributed by atoms with Crippen molar-refractivity contribution in [1.29, 1.82) is 5.26 Å². The van der Waals surface area contributed by atoms with E-state index in [9.17, 15) is 0 Å². The van der Waals surface area contributed by atoms with Gasteiger partial charge in [0.2, 0.25) is 0 Å². The molecule has 18 heavy (non-hydrogen) atoms. The molecule has 0 aliphatic carbocycles. The number of nitriles is 1. The summed E-state index contributed by atoms with van der Waals surface area (Å²) in [6.45, 7) is 0.515. The molecule has 0 aliphatic heterocycles. The zero-order valence-electron chi connectivity index (χ0n) is 10.3. The van der Waals surface area contributed by atoms with Crippen LogP contribution in [-0.2, 0) is 6.54 Å². The van der Waals surface area contributed by atoms with E-state index in [1.165, 1.54) is 0 Å². The quantitative estimate of drug-likeness (QED) is 0.893. The molecule has 2 aromatic carbocycles. The lowest BCUT2D eigenvalue weighted by molar-refractivity contribution is 1.06. The highest BCUT2D eigenvalue weighted by molar-refractivity contribution is 5.68. The van der Waals surface area contributed by atoms with Crippen molar-refractivity contribution in [3.8, 4) is 6.07 Å². The van der Waals surface area contributed by atoms with Gasteiger partial charge in [0.05, 0.1) is 11.3 Å². The molecule has 90 valence electrons. The number of nitrogens with zero attached hydrogens (tertiary/aromatic N) is 2. The zero-order chi connectivity index (χ0) is 13.0. The highest BCUT2D eigenvalue weighted by Gasteiger charge is 2.08. The minimum atomic E-state index is 0.515. The first-order chi connectivity index (χ1) is 8.76. The van der Waals surface area contributed by atoms with Gasteiger partial charge in [-0.15, -0.1) is 0 Å². The van der Waals surface area contributed by atoms with Crippen LogP contribution >= 0.6 is 0 Å². The van der Waals surface area contributed by atoms with Crippen LogP contribution < -0.4 is 10.6 Å². The van der Waals surface area contributed by atoms with Gasteiger partial charge in [0.25, 0.3) is 0 Å². The zero-order valence-corrected chi connectivity index (χ0v) is 10.3. The summed E-state index contributed by atoms with van der Waals surface area (Å²) in [6, 6.07) is 17.8. The number of anilines is 2. The van der Waals surface area contributed by atoms with Gasteiger partial charge < -0.3 is 10.6 Å². The average Bonchev–Trinajstić information content (AvgIpc) is 2.46. The third-order valence-electron chi connectivity index (χ3n) is 2.92. The van der Waals surface area contributed by atoms with Gasteiger partial charge in [0.1, 0.15) is 6.07 Å². The maximum Gasteiger partial charge on any atom is 0.101 e. The molecule has 0 aromatic heterocycles. The van der Waals surface area contributed by atoms with Gasteiger partial charge >= 0.3 is 0 Å². The molecule has 2 N–H and O–H groups in total. The Morgan fingerprint density at radius 2 is 1.94 bits per heavy atom. The van der Waals surface area contributed by atoms with Gasteiger partial charge in [0, 0.05) is 19.3 Å². The summed E-state index contributed by atoms with van der Waals surface area (Å²) in [5.41, 5.74) is 9.31. The van der Waals surface area contributed by atoms with Crippen molar-refractivity contribution in [1.82, 2.24) is 0 Å². The molecule has 3 heteroatoms. The van der Waals surface area contributed by atoms with Gasteiger partial charge in [-0.25, -0.2) is 0 Å². The van der Waals surface area contributed by atoms with Crippen LogP contribution in [0.15, 0.2) is 48.5 Å². The van der Waals surface area contributed by atoms with Crippen LogP contribution in [0.25, 0.3) is 0 Å². The summed E-state index contributed by atoms with van der Waals surface area (Å²) in [5.74, 6) is 0. The highest BCUT2D eigenvalue weighted by Crippen LogP contribution is 2.26. The molecule has 0 amide bonds. The van der Waals surface area contributed by atoms with E-state index in [-0.39, 0.29) is 0 Å². The SMILES string of the molecule is CN(c1cccc(CN)c1)c1ccccc1C#N. The molecule has 0 spiro atoms. The van der Waals surface area contributed by atoms with E-state index >= 15 is 0 Å². The lowest BCUT2D eigenvalue weighted by atomic mass is 10.1. The number of benzene rings is 2. The minimum Gasteiger partial charge on any atom is -0.344 e. The first-order valence-electron chi connectivity index (χ1n) is 5.78. The smallest absolute Gasteiger partial charge is 0.101 e. The van der Waals surface area contributed by atoms with E-state index in [0.29, 0.717) is 12.1 Å². The van der Waals surface area contributed by atoms with Crippen LogP contribution in [-0.4, -0.2) is 7.05 Å². The van der Waals surface area contributed by atoms with E-state index in [0.717, 1.165) is 16.9 Å². The van der Waals surface area contributed by atoms with E-state index in [4.69, 9.17) is 11.0 Å². The molecule has 2 aromatic rings. The average molecular weight is 237 g/mol. The summed E-state index contributed by atoms with van der Waals surface area (Å²) in [5, 5.41) is 9.12. The predicted octanol–water partition coefficient (Wildman–Crippen LogP) is 2.78. The van der Waals surface area contributed by atoms with Crippen LogP contribution in [0, 0.1) is 11.3 Å². The second-order valence-electron chi connectivity index (χ2n) is 4.06. The van der Waals surface area contributed by atoms with E-state index in [2.05, 4.69) is 6.07 Å². The monoisotopic (exact) mass is 237 g/mol. The summed E-state index contributed by atoms with van der Waals surface area (Å²) in [6.07, 6.45) is 0. The predicted molar refractivity (Wildman–Crippen MR) is 73.6 cm³/mol. The van der Waals surface area contributed by atoms with Crippen LogP contribution in [0.2, 0.25) is 0 Å². The standard InChI is InChI=1S/C15H15N3/c1-18(14-7-4-5-12(9-14)10-16)15-8-3-2-6-13(15)11-17/h2-9H,10,16H2,1H3. The van der Waals surface area contributed by atoms with E-state index < -0.39 is 0 Å². The Morgan fingerprint density at radius 3 is 2.67 bits per heavy atom. The fourth-order valence-corrected chi connectivity index (χ4v) is 1.89. The third kappa shape index (κ3) is 2.34. The lowest BCUT2D eigenvalue weighted by Crippen LogP contribution is -2.11. The number of hydrogen-bond donors (Lipinski definition) is 1. The fraction of sp³-hybridized carbons (Fsp3) is 0.133. The Kier molecular flexibility index (Phi) is 3.61. The molecular formula is C15H15N3. The first-order valence-corrected chi connectivity index (χ1v) is 5.78. The molecule has 3 nitrogen and oxygen atoms in total. The molecule has 0 heterocycles. The van der Waals surface area contributed by atoms with Gasteiger partial charge in [-0.05, 0) is 29.8 Å². The maximum atomic E-state index is 9.12. The number of hydrogen-bond acceptors (Lipinski definition) is 3. The fourth-order valence-electron chi connectivity index (χ4n) is 1.89. The molecular weight excluding hydrogens is 222 g/mol. The summed E-state index contributed by atoms with van der Waals surface area (Å²) >= 11 is 0. The molecule has 0 aliphatic rings. The number of nitrogens with two attached hydrogens (primary N) is 1. The second-order valence-corrected chi connectivity index (χ2v) is 4.06. The van der Waals surface area contributed by atoms with Crippen LogP contribution in [0.4, 0.5) is 11.4 Å². The van der Waals surface area contributed by atoms with Crippen LogP contribution in [0.3, 0.4) is 0 Å². The van der Waals surface area contributed by atoms with Gasteiger partial charge in [-0.3, -0.25) is 0 Å². The Bertz CT molecular complexity index is 584. The van der Waals surface area contributed by atoms with Crippen molar-refractivity contribution in [3.05, 3.63) is 59.7 Å². The van der Waals surface area contributed by atoms with Crippen molar-refractivity contribution in [2.45, 2.75) is 6.54 Å². The summed E-state index contributed by atoms with van der Waals surface area (Å²) in [7, 11) is 1.95. The van der Waals surface area contributed by atoms with Crippen LogP contribution in [0.1, 0.15) is 11.1 Å². The summed E-state index contributed by atoms with van der Waals surface area (Å²) < 4.78 is 0. The van der Waals surface area contributed by atoms with Crippen molar-refractivity contribution >= 4 is 11.4 Å². The van der Waals surface area contributed by atoms with Gasteiger partial charge in [-0.1, -0.05) is 24.3 Å². The van der Waals surface area contributed by atoms with Crippen molar-refractivity contribution in [2.24, 2.45) is 5.73 Å². The molecule has 2 rings (SSSR count). The number of para-hydroxylation sites is 1. The minimum absolute atomic E-state index is 0.515. The second kappa shape index (κ2) is 5.35. The molecule has 0 radical (unpaired) electrons. The maximum absolute atomic E-state index is 9.12. The molecule has 0 bridgehead atoms. The lowest BCUT2D eigenvalue weighted by Gasteiger charge is -2.21. The van der Waals surface area contributed by atoms with Gasteiger partial charge in [-0.2, -0.15) is 5.26 Å². The molecule has 0 saturated heterocycles. The highest BCUT2D eigenvalue weighted by atomic mass is 15.1. The van der Waals surface area contributed by atoms with Crippen molar-refractivity contribution < 1.29 is 0 Å².